The molecule has 0 radical (unpaired) electrons. The topological polar surface area (TPSA) is 79.6 Å². The molecule has 0 amide bonds. The molecule has 1 aromatic heterocycles. The molecule has 8 nitrogen and oxygen atoms in total. The van der Waals surface area contributed by atoms with Crippen molar-refractivity contribution in [3.05, 3.63) is 11.6 Å². The van der Waals surface area contributed by atoms with Crippen molar-refractivity contribution in [2.45, 2.75) is 84.7 Å². The van der Waals surface area contributed by atoms with E-state index in [0.29, 0.717) is 12.0 Å². The summed E-state index contributed by atoms with van der Waals surface area (Å²) in [7, 11) is 0. The average molecular weight is 576 g/mol. The van der Waals surface area contributed by atoms with E-state index in [4.69, 9.17) is 9.73 Å². The minimum atomic E-state index is 0. The summed E-state index contributed by atoms with van der Waals surface area (Å²) in [5.41, 5.74) is 0. The quantitative estimate of drug-likeness (QED) is 0.183. The molecule has 1 atom stereocenters. The summed E-state index contributed by atoms with van der Waals surface area (Å²) in [6.07, 6.45) is 9.24. The van der Waals surface area contributed by atoms with Gasteiger partial charge in [-0.15, -0.1) is 34.2 Å². The number of aryl methyl sites for hydroxylation is 2. The molecule has 0 bridgehead atoms. The van der Waals surface area contributed by atoms with Crippen molar-refractivity contribution in [2.24, 2.45) is 10.9 Å². The minimum absolute atomic E-state index is 0. The number of aliphatic imine (C=N–C) groups is 1. The van der Waals surface area contributed by atoms with Crippen molar-refractivity contribution in [3.63, 3.8) is 0 Å². The molecule has 1 saturated heterocycles. The Labute approximate surface area is 217 Å². The summed E-state index contributed by atoms with van der Waals surface area (Å²) in [6.45, 7) is 14.1. The molecule has 2 aliphatic rings. The third kappa shape index (κ3) is 8.65. The highest BCUT2D eigenvalue weighted by Gasteiger charge is 2.26. The maximum absolute atomic E-state index is 5.59. The van der Waals surface area contributed by atoms with Crippen LogP contribution in [0, 0.1) is 5.92 Å². The number of hydrogen-bond donors (Lipinski definition) is 2. The van der Waals surface area contributed by atoms with Gasteiger partial charge in [0.15, 0.2) is 5.96 Å². The van der Waals surface area contributed by atoms with Crippen LogP contribution in [0.15, 0.2) is 4.99 Å². The van der Waals surface area contributed by atoms with Gasteiger partial charge in [-0.1, -0.05) is 33.1 Å². The Bertz CT molecular complexity index is 686. The lowest BCUT2D eigenvalue weighted by Gasteiger charge is -2.38. The Morgan fingerprint density at radius 2 is 1.82 bits per heavy atom. The van der Waals surface area contributed by atoms with Crippen LogP contribution in [0.1, 0.15) is 70.9 Å². The number of rotatable bonds is 11. The van der Waals surface area contributed by atoms with E-state index in [1.54, 1.807) is 0 Å². The SMILES string of the molecule is CCNC(=NCC(C(CC)CC)N1CCOCC1)NCCCc1nnc2n1CCCCC2.I. The molecular weight excluding hydrogens is 529 g/mol. The van der Waals surface area contributed by atoms with Crippen LogP contribution in [0.2, 0.25) is 0 Å². The summed E-state index contributed by atoms with van der Waals surface area (Å²) < 4.78 is 7.94. The van der Waals surface area contributed by atoms with Crippen LogP contribution in [-0.4, -0.2) is 77.6 Å². The number of nitrogens with zero attached hydrogens (tertiary/aromatic N) is 5. The molecule has 3 rings (SSSR count). The third-order valence-electron chi connectivity index (χ3n) is 6.94. The second-order valence-corrected chi connectivity index (χ2v) is 9.04. The zero-order valence-electron chi connectivity index (χ0n) is 21.0. The highest BCUT2D eigenvalue weighted by Crippen LogP contribution is 2.20. The van der Waals surface area contributed by atoms with Crippen molar-refractivity contribution in [2.75, 3.05) is 45.9 Å². The normalized spacial score (nSPS) is 18.4. The molecule has 1 fully saturated rings. The van der Waals surface area contributed by atoms with E-state index in [9.17, 15) is 0 Å². The van der Waals surface area contributed by atoms with Crippen molar-refractivity contribution < 1.29 is 4.74 Å². The molecule has 190 valence electrons. The summed E-state index contributed by atoms with van der Waals surface area (Å²) >= 11 is 0. The lowest BCUT2D eigenvalue weighted by Crippen LogP contribution is -2.49. The molecule has 9 heteroatoms. The van der Waals surface area contributed by atoms with Gasteiger partial charge < -0.3 is 19.9 Å². The Balaban J connectivity index is 0.00000385. The lowest BCUT2D eigenvalue weighted by atomic mass is 9.92. The van der Waals surface area contributed by atoms with Crippen LogP contribution in [0.4, 0.5) is 0 Å². The molecule has 0 spiro atoms. The highest BCUT2D eigenvalue weighted by atomic mass is 127. The van der Waals surface area contributed by atoms with Gasteiger partial charge in [0, 0.05) is 51.6 Å². The van der Waals surface area contributed by atoms with Gasteiger partial charge in [-0.25, -0.2) is 0 Å². The summed E-state index contributed by atoms with van der Waals surface area (Å²) in [6, 6.07) is 0.482. The van der Waals surface area contributed by atoms with Crippen LogP contribution in [0.5, 0.6) is 0 Å². The van der Waals surface area contributed by atoms with Crippen LogP contribution in [0.25, 0.3) is 0 Å². The highest BCUT2D eigenvalue weighted by molar-refractivity contribution is 14.0. The number of aromatic nitrogens is 3. The number of nitrogens with one attached hydrogen (secondary N) is 2. The second-order valence-electron chi connectivity index (χ2n) is 9.04. The Morgan fingerprint density at radius 1 is 1.03 bits per heavy atom. The number of halogens is 1. The summed E-state index contributed by atoms with van der Waals surface area (Å²) in [4.78, 5) is 7.59. The van der Waals surface area contributed by atoms with E-state index in [0.717, 1.165) is 83.5 Å². The molecule has 0 aromatic carbocycles. The first kappa shape index (κ1) is 28.3. The van der Waals surface area contributed by atoms with E-state index in [-0.39, 0.29) is 24.0 Å². The lowest BCUT2D eigenvalue weighted by molar-refractivity contribution is 0.00395. The van der Waals surface area contributed by atoms with Crippen LogP contribution in [-0.2, 0) is 24.1 Å². The van der Waals surface area contributed by atoms with Gasteiger partial charge in [-0.05, 0) is 32.1 Å². The predicted octanol–water partition coefficient (Wildman–Crippen LogP) is 3.25. The van der Waals surface area contributed by atoms with Crippen LogP contribution >= 0.6 is 24.0 Å². The van der Waals surface area contributed by atoms with Crippen molar-refractivity contribution in [1.29, 1.82) is 0 Å². The number of guanidine groups is 1. The van der Waals surface area contributed by atoms with Gasteiger partial charge in [0.2, 0.25) is 0 Å². The summed E-state index contributed by atoms with van der Waals surface area (Å²) in [5, 5.41) is 15.9. The number of ether oxygens (including phenoxy) is 1. The monoisotopic (exact) mass is 575 g/mol. The Morgan fingerprint density at radius 3 is 2.55 bits per heavy atom. The van der Waals surface area contributed by atoms with Gasteiger partial charge in [0.05, 0.1) is 19.8 Å². The first-order valence-corrected chi connectivity index (χ1v) is 13.0. The fraction of sp³-hybridized carbons (Fsp3) is 0.875. The molecular formula is C24H46IN7O. The van der Waals surface area contributed by atoms with Crippen LogP contribution < -0.4 is 10.6 Å². The van der Waals surface area contributed by atoms with E-state index < -0.39 is 0 Å². The number of morpholine rings is 1. The van der Waals surface area contributed by atoms with Crippen molar-refractivity contribution in [3.8, 4) is 0 Å². The Hall–Kier alpha value is -0.940. The number of hydrogen-bond acceptors (Lipinski definition) is 5. The molecule has 1 unspecified atom stereocenters. The fourth-order valence-corrected chi connectivity index (χ4v) is 5.01. The smallest absolute Gasteiger partial charge is 0.191 e. The zero-order valence-corrected chi connectivity index (χ0v) is 23.4. The molecule has 33 heavy (non-hydrogen) atoms. The first-order chi connectivity index (χ1) is 15.8. The zero-order chi connectivity index (χ0) is 22.6. The van der Waals surface area contributed by atoms with Gasteiger partial charge in [-0.2, -0.15) is 0 Å². The van der Waals surface area contributed by atoms with Crippen molar-refractivity contribution >= 4 is 29.9 Å². The molecule has 2 aliphatic heterocycles. The number of fused-ring (bicyclic) bond motifs is 1. The van der Waals surface area contributed by atoms with Crippen LogP contribution in [0.3, 0.4) is 0 Å². The minimum Gasteiger partial charge on any atom is -0.379 e. The van der Waals surface area contributed by atoms with Crippen molar-refractivity contribution in [1.82, 2.24) is 30.3 Å². The Kier molecular flexibility index (Phi) is 13.6. The van der Waals surface area contributed by atoms with E-state index in [1.165, 1.54) is 37.9 Å². The van der Waals surface area contributed by atoms with Gasteiger partial charge in [0.1, 0.15) is 11.6 Å². The van der Waals surface area contributed by atoms with Gasteiger partial charge in [-0.3, -0.25) is 9.89 Å². The predicted molar refractivity (Wildman–Crippen MR) is 146 cm³/mol. The maximum Gasteiger partial charge on any atom is 0.191 e. The van der Waals surface area contributed by atoms with E-state index in [2.05, 4.69) is 51.1 Å². The molecule has 2 N–H and O–H groups in total. The molecule has 0 aliphatic carbocycles. The summed E-state index contributed by atoms with van der Waals surface area (Å²) in [5.74, 6) is 3.92. The van der Waals surface area contributed by atoms with Gasteiger partial charge >= 0.3 is 0 Å². The molecule has 0 saturated carbocycles. The van der Waals surface area contributed by atoms with E-state index >= 15 is 0 Å². The second kappa shape index (κ2) is 15.9. The third-order valence-corrected chi connectivity index (χ3v) is 6.94. The van der Waals surface area contributed by atoms with E-state index in [1.807, 2.05) is 0 Å². The maximum atomic E-state index is 5.59. The fourth-order valence-electron chi connectivity index (χ4n) is 5.01. The largest absolute Gasteiger partial charge is 0.379 e. The van der Waals surface area contributed by atoms with Gasteiger partial charge in [0.25, 0.3) is 0 Å². The first-order valence-electron chi connectivity index (χ1n) is 13.0. The molecule has 1 aromatic rings. The average Bonchev–Trinajstić information content (AvgIpc) is 3.05. The standard InChI is InChI=1S/C24H45N7O.HI/c1-4-20(5-2)21(30-15-17-32-18-16-30)19-27-24(25-6-3)26-13-10-12-23-29-28-22-11-8-7-9-14-31(22)23;/h20-21H,4-19H2,1-3H3,(H2,25,26,27);1H. The molecule has 3 heterocycles.